The molecule has 0 bridgehead atoms. The van der Waals surface area contributed by atoms with E-state index in [1.165, 1.54) is 24.3 Å². The fourth-order valence-electron chi connectivity index (χ4n) is 1.51. The molecule has 0 aliphatic rings. The van der Waals surface area contributed by atoms with Crippen molar-refractivity contribution in [2.45, 2.75) is 11.3 Å². The van der Waals surface area contributed by atoms with Crippen molar-refractivity contribution in [2.24, 2.45) is 0 Å². The summed E-state index contributed by atoms with van der Waals surface area (Å²) in [5.74, 6) is -0.388. The van der Waals surface area contributed by atoms with Gasteiger partial charge in [0.1, 0.15) is 5.54 Å². The molecule has 0 unspecified atom stereocenters. The van der Waals surface area contributed by atoms with Crippen LogP contribution in [0.5, 0.6) is 0 Å². The number of rotatable bonds is 7. The molecule has 0 spiro atoms. The van der Waals surface area contributed by atoms with E-state index < -0.39 is 35.4 Å². The van der Waals surface area contributed by atoms with Crippen LogP contribution in [0.15, 0.2) is 24.3 Å². The Morgan fingerprint density at radius 2 is 1.60 bits per heavy atom. The zero-order chi connectivity index (χ0) is 15.2. The SMILES string of the molecule is N#Cc1ccc(CS(=O)(=O)NC(CO)(CO)CO)cc1. The van der Waals surface area contributed by atoms with Crippen molar-refractivity contribution in [1.29, 1.82) is 5.26 Å². The summed E-state index contributed by atoms with van der Waals surface area (Å²) in [7, 11) is -3.86. The van der Waals surface area contributed by atoms with Gasteiger partial charge in [-0.15, -0.1) is 0 Å². The number of sulfonamides is 1. The molecule has 0 atom stereocenters. The second kappa shape index (κ2) is 6.78. The summed E-state index contributed by atoms with van der Waals surface area (Å²) >= 11 is 0. The Kier molecular flexibility index (Phi) is 5.62. The minimum atomic E-state index is -3.86. The van der Waals surface area contributed by atoms with E-state index in [1.807, 2.05) is 6.07 Å². The lowest BCUT2D eigenvalue weighted by Gasteiger charge is -2.28. The maximum atomic E-state index is 11.9. The highest BCUT2D eigenvalue weighted by Crippen LogP contribution is 2.11. The van der Waals surface area contributed by atoms with Gasteiger partial charge in [-0.25, -0.2) is 13.1 Å². The lowest BCUT2D eigenvalue weighted by atomic mass is 10.1. The Hall–Kier alpha value is -1.50. The Balaban J connectivity index is 2.86. The number of aliphatic hydroxyl groups excluding tert-OH is 3. The van der Waals surface area contributed by atoms with Crippen molar-refractivity contribution in [3.8, 4) is 6.07 Å². The highest BCUT2D eigenvalue weighted by Gasteiger charge is 2.33. The standard InChI is InChI=1S/C12H16N2O5S/c13-5-10-1-3-11(4-2-10)6-20(18,19)14-12(7-15,8-16)9-17/h1-4,14-17H,6-9H2. The minimum absolute atomic E-state index is 0.388. The summed E-state index contributed by atoms with van der Waals surface area (Å²) in [6.07, 6.45) is 0. The lowest BCUT2D eigenvalue weighted by molar-refractivity contribution is 0.0581. The van der Waals surface area contributed by atoms with Crippen LogP contribution in [-0.2, 0) is 15.8 Å². The van der Waals surface area contributed by atoms with E-state index in [1.54, 1.807) is 0 Å². The quantitative estimate of drug-likeness (QED) is 0.495. The van der Waals surface area contributed by atoms with E-state index in [9.17, 15) is 8.42 Å². The summed E-state index contributed by atoms with van der Waals surface area (Å²) in [5, 5.41) is 35.9. The van der Waals surface area contributed by atoms with Gasteiger partial charge in [-0.1, -0.05) is 12.1 Å². The van der Waals surface area contributed by atoms with Crippen LogP contribution in [0.25, 0.3) is 0 Å². The van der Waals surface area contributed by atoms with Gasteiger partial charge in [0.2, 0.25) is 10.0 Å². The van der Waals surface area contributed by atoms with E-state index >= 15 is 0 Å². The third-order valence-corrected chi connectivity index (χ3v) is 4.18. The first-order valence-corrected chi connectivity index (χ1v) is 7.39. The minimum Gasteiger partial charge on any atom is -0.394 e. The molecule has 0 saturated carbocycles. The van der Waals surface area contributed by atoms with Gasteiger partial charge in [-0.05, 0) is 17.7 Å². The van der Waals surface area contributed by atoms with E-state index in [0.29, 0.717) is 11.1 Å². The van der Waals surface area contributed by atoms with E-state index in [-0.39, 0.29) is 5.75 Å². The molecule has 1 rings (SSSR count). The molecule has 1 aromatic carbocycles. The third kappa shape index (κ3) is 4.26. The first kappa shape index (κ1) is 16.6. The molecule has 20 heavy (non-hydrogen) atoms. The fourth-order valence-corrected chi connectivity index (χ4v) is 3.06. The second-order valence-electron chi connectivity index (χ2n) is 4.42. The van der Waals surface area contributed by atoms with E-state index in [4.69, 9.17) is 20.6 Å². The Morgan fingerprint density at radius 3 is 2.00 bits per heavy atom. The summed E-state index contributed by atoms with van der Waals surface area (Å²) < 4.78 is 26.0. The first-order chi connectivity index (χ1) is 9.40. The van der Waals surface area contributed by atoms with E-state index in [2.05, 4.69) is 4.72 Å². The number of nitrogens with one attached hydrogen (secondary N) is 1. The summed E-state index contributed by atoms with van der Waals surface area (Å²) in [6.45, 7) is -2.19. The molecule has 8 heteroatoms. The molecular weight excluding hydrogens is 284 g/mol. The van der Waals surface area contributed by atoms with Crippen molar-refractivity contribution >= 4 is 10.0 Å². The van der Waals surface area contributed by atoms with Gasteiger partial charge >= 0.3 is 0 Å². The number of benzene rings is 1. The van der Waals surface area contributed by atoms with Crippen LogP contribution in [0.4, 0.5) is 0 Å². The number of aliphatic hydroxyl groups is 3. The van der Waals surface area contributed by atoms with Gasteiger partial charge in [0.25, 0.3) is 0 Å². The predicted octanol–water partition coefficient (Wildman–Crippen LogP) is -1.31. The van der Waals surface area contributed by atoms with Gasteiger partial charge in [0.15, 0.2) is 0 Å². The molecule has 0 aromatic heterocycles. The normalized spacial score (nSPS) is 12.1. The van der Waals surface area contributed by atoms with Gasteiger partial charge < -0.3 is 15.3 Å². The average Bonchev–Trinajstić information content (AvgIpc) is 2.45. The average molecular weight is 300 g/mol. The summed E-state index contributed by atoms with van der Waals surface area (Å²) in [6, 6.07) is 7.89. The molecule has 0 aliphatic heterocycles. The maximum Gasteiger partial charge on any atom is 0.216 e. The number of hydrogen-bond acceptors (Lipinski definition) is 6. The number of nitrogens with zero attached hydrogens (tertiary/aromatic N) is 1. The number of nitriles is 1. The Labute approximate surface area is 117 Å². The van der Waals surface area contributed by atoms with Crippen LogP contribution in [0, 0.1) is 11.3 Å². The second-order valence-corrected chi connectivity index (χ2v) is 6.15. The van der Waals surface area contributed by atoms with Crippen molar-refractivity contribution in [1.82, 2.24) is 4.72 Å². The summed E-state index contributed by atoms with van der Waals surface area (Å²) in [5.41, 5.74) is -0.834. The largest absolute Gasteiger partial charge is 0.394 e. The zero-order valence-electron chi connectivity index (χ0n) is 10.7. The highest BCUT2D eigenvalue weighted by atomic mass is 32.2. The molecule has 0 fully saturated rings. The smallest absolute Gasteiger partial charge is 0.216 e. The molecule has 4 N–H and O–H groups in total. The molecule has 0 saturated heterocycles. The van der Waals surface area contributed by atoms with Crippen LogP contribution in [0.1, 0.15) is 11.1 Å². The molecular formula is C12H16N2O5S. The topological polar surface area (TPSA) is 131 Å². The molecule has 0 amide bonds. The van der Waals surface area contributed by atoms with Crippen LogP contribution in [-0.4, -0.2) is 49.1 Å². The van der Waals surface area contributed by atoms with Gasteiger partial charge in [0, 0.05) is 0 Å². The van der Waals surface area contributed by atoms with Crippen molar-refractivity contribution in [2.75, 3.05) is 19.8 Å². The van der Waals surface area contributed by atoms with Crippen LogP contribution in [0.2, 0.25) is 0 Å². The third-order valence-electron chi connectivity index (χ3n) is 2.72. The van der Waals surface area contributed by atoms with Crippen LogP contribution < -0.4 is 4.72 Å². The summed E-state index contributed by atoms with van der Waals surface area (Å²) in [4.78, 5) is 0. The Bertz CT molecular complexity index is 565. The lowest BCUT2D eigenvalue weighted by Crippen LogP contribution is -2.57. The van der Waals surface area contributed by atoms with Gasteiger partial charge in [-0.3, -0.25) is 0 Å². The van der Waals surface area contributed by atoms with Gasteiger partial charge in [0.05, 0.1) is 37.2 Å². The van der Waals surface area contributed by atoms with Crippen molar-refractivity contribution in [3.05, 3.63) is 35.4 Å². The van der Waals surface area contributed by atoms with Crippen molar-refractivity contribution < 1.29 is 23.7 Å². The highest BCUT2D eigenvalue weighted by molar-refractivity contribution is 7.88. The molecule has 7 nitrogen and oxygen atoms in total. The fraction of sp³-hybridized carbons (Fsp3) is 0.417. The monoisotopic (exact) mass is 300 g/mol. The molecule has 0 heterocycles. The molecule has 0 aliphatic carbocycles. The van der Waals surface area contributed by atoms with E-state index in [0.717, 1.165) is 0 Å². The molecule has 1 aromatic rings. The van der Waals surface area contributed by atoms with Crippen LogP contribution >= 0.6 is 0 Å². The Morgan fingerprint density at radius 1 is 1.10 bits per heavy atom. The number of hydrogen-bond donors (Lipinski definition) is 4. The van der Waals surface area contributed by atoms with Gasteiger partial charge in [-0.2, -0.15) is 5.26 Å². The predicted molar refractivity (Wildman–Crippen MR) is 70.9 cm³/mol. The zero-order valence-corrected chi connectivity index (χ0v) is 11.5. The van der Waals surface area contributed by atoms with Crippen molar-refractivity contribution in [3.63, 3.8) is 0 Å². The molecule has 0 radical (unpaired) electrons. The van der Waals surface area contributed by atoms with Crippen LogP contribution in [0.3, 0.4) is 0 Å². The first-order valence-electron chi connectivity index (χ1n) is 5.73. The molecule has 110 valence electrons. The maximum absolute atomic E-state index is 11.9.